The Kier molecular flexibility index (Phi) is 4.88. The fraction of sp³-hybridized carbons (Fsp3) is 0.333. The quantitative estimate of drug-likeness (QED) is 0.339. The highest BCUT2D eigenvalue weighted by molar-refractivity contribution is 5.78. The molecular weight excluding hydrogens is 286 g/mol. The van der Waals surface area contributed by atoms with Crippen molar-refractivity contribution in [2.24, 2.45) is 7.05 Å². The van der Waals surface area contributed by atoms with E-state index >= 15 is 0 Å². The van der Waals surface area contributed by atoms with Crippen molar-refractivity contribution in [1.29, 1.82) is 0 Å². The number of ether oxygens (including phenoxy) is 1. The number of aromatic nitrogens is 2. The lowest BCUT2D eigenvalue weighted by molar-refractivity contribution is -0.384. The number of non-ortho nitro benzene ring substituents is 1. The van der Waals surface area contributed by atoms with Crippen LogP contribution in [0.5, 0.6) is 0 Å². The standard InChI is InChI=1S/C15H17N3O4/c1-3-9-22-15(19)6-4-5-14-16-12-10-11(18(20)21)7-8-13(12)17(14)2/h3,7-8,10H,1,4-6,9H2,2H3. The first-order chi connectivity index (χ1) is 10.5. The van der Waals surface area contributed by atoms with Gasteiger partial charge in [-0.05, 0) is 12.5 Å². The summed E-state index contributed by atoms with van der Waals surface area (Å²) >= 11 is 0. The van der Waals surface area contributed by atoms with Gasteiger partial charge in [-0.25, -0.2) is 4.98 Å². The van der Waals surface area contributed by atoms with E-state index < -0.39 is 4.92 Å². The number of hydrogen-bond donors (Lipinski definition) is 0. The van der Waals surface area contributed by atoms with E-state index in [1.165, 1.54) is 18.2 Å². The minimum absolute atomic E-state index is 0.0187. The predicted molar refractivity (Wildman–Crippen MR) is 81.5 cm³/mol. The Hall–Kier alpha value is -2.70. The van der Waals surface area contributed by atoms with Crippen molar-refractivity contribution in [2.75, 3.05) is 6.61 Å². The number of esters is 1. The normalized spacial score (nSPS) is 10.6. The summed E-state index contributed by atoms with van der Waals surface area (Å²) in [6.45, 7) is 3.69. The Labute approximate surface area is 127 Å². The average Bonchev–Trinajstić information content (AvgIpc) is 2.81. The average molecular weight is 303 g/mol. The largest absolute Gasteiger partial charge is 0.461 e. The van der Waals surface area contributed by atoms with Crippen LogP contribution in [0.15, 0.2) is 30.9 Å². The number of aryl methyl sites for hydroxylation is 2. The second kappa shape index (κ2) is 6.84. The van der Waals surface area contributed by atoms with Gasteiger partial charge in [-0.2, -0.15) is 0 Å². The molecule has 0 saturated heterocycles. The monoisotopic (exact) mass is 303 g/mol. The third-order valence-corrected chi connectivity index (χ3v) is 3.31. The van der Waals surface area contributed by atoms with E-state index in [0.29, 0.717) is 24.8 Å². The molecule has 0 fully saturated rings. The zero-order chi connectivity index (χ0) is 16.1. The summed E-state index contributed by atoms with van der Waals surface area (Å²) in [5.41, 5.74) is 1.43. The molecule has 7 nitrogen and oxygen atoms in total. The molecule has 7 heteroatoms. The van der Waals surface area contributed by atoms with Crippen LogP contribution in [-0.2, 0) is 23.0 Å². The van der Waals surface area contributed by atoms with Crippen molar-refractivity contribution in [2.45, 2.75) is 19.3 Å². The van der Waals surface area contributed by atoms with Gasteiger partial charge in [0, 0.05) is 32.0 Å². The number of nitrogens with zero attached hydrogens (tertiary/aromatic N) is 3. The molecule has 0 aliphatic carbocycles. The maximum absolute atomic E-state index is 11.4. The van der Waals surface area contributed by atoms with E-state index in [1.807, 2.05) is 11.6 Å². The molecule has 2 aromatic rings. The molecule has 0 spiro atoms. The minimum atomic E-state index is -0.441. The summed E-state index contributed by atoms with van der Waals surface area (Å²) in [6.07, 6.45) is 3.03. The lowest BCUT2D eigenvalue weighted by Crippen LogP contribution is -2.06. The molecule has 0 aliphatic rings. The smallest absolute Gasteiger partial charge is 0.306 e. The Morgan fingerprint density at radius 3 is 3.00 bits per heavy atom. The van der Waals surface area contributed by atoms with Crippen molar-refractivity contribution in [3.63, 3.8) is 0 Å². The number of carbonyl (C=O) groups is 1. The first-order valence-corrected chi connectivity index (χ1v) is 6.89. The molecule has 0 saturated carbocycles. The molecule has 0 radical (unpaired) electrons. The molecule has 116 valence electrons. The van der Waals surface area contributed by atoms with Crippen molar-refractivity contribution < 1.29 is 14.5 Å². The van der Waals surface area contributed by atoms with Gasteiger partial charge in [0.25, 0.3) is 5.69 Å². The van der Waals surface area contributed by atoms with Crippen molar-refractivity contribution >= 4 is 22.7 Å². The highest BCUT2D eigenvalue weighted by Gasteiger charge is 2.13. The fourth-order valence-electron chi connectivity index (χ4n) is 2.19. The van der Waals surface area contributed by atoms with Gasteiger partial charge >= 0.3 is 5.97 Å². The molecule has 1 aromatic carbocycles. The second-order valence-electron chi connectivity index (χ2n) is 4.84. The van der Waals surface area contributed by atoms with Crippen molar-refractivity contribution in [3.8, 4) is 0 Å². The number of rotatable bonds is 7. The molecule has 22 heavy (non-hydrogen) atoms. The molecule has 0 unspecified atom stereocenters. The molecule has 2 rings (SSSR count). The second-order valence-corrected chi connectivity index (χ2v) is 4.84. The molecule has 0 bridgehead atoms. The Morgan fingerprint density at radius 2 is 2.32 bits per heavy atom. The van der Waals surface area contributed by atoms with Crippen LogP contribution in [0.3, 0.4) is 0 Å². The predicted octanol–water partition coefficient (Wildman–Crippen LogP) is 2.53. The van der Waals surface area contributed by atoms with Gasteiger partial charge in [-0.15, -0.1) is 0 Å². The van der Waals surface area contributed by atoms with Crippen LogP contribution in [-0.4, -0.2) is 27.1 Å². The van der Waals surface area contributed by atoms with Gasteiger partial charge in [0.05, 0.1) is 16.0 Å². The van der Waals surface area contributed by atoms with E-state index in [9.17, 15) is 14.9 Å². The fourth-order valence-corrected chi connectivity index (χ4v) is 2.19. The molecule has 0 N–H and O–H groups in total. The first kappa shape index (κ1) is 15.7. The van der Waals surface area contributed by atoms with E-state index in [0.717, 1.165) is 11.3 Å². The van der Waals surface area contributed by atoms with Crippen LogP contribution in [0.1, 0.15) is 18.7 Å². The van der Waals surface area contributed by atoms with Crippen LogP contribution >= 0.6 is 0 Å². The summed E-state index contributed by atoms with van der Waals surface area (Å²) in [6, 6.07) is 4.60. The van der Waals surface area contributed by atoms with Gasteiger partial charge in [0.2, 0.25) is 0 Å². The summed E-state index contributed by atoms with van der Waals surface area (Å²) in [4.78, 5) is 26.1. The molecule has 1 heterocycles. The maximum atomic E-state index is 11.4. The molecule has 1 aromatic heterocycles. The van der Waals surface area contributed by atoms with Crippen LogP contribution in [0, 0.1) is 10.1 Å². The topological polar surface area (TPSA) is 87.3 Å². The van der Waals surface area contributed by atoms with Crippen LogP contribution in [0.4, 0.5) is 5.69 Å². The number of nitro benzene ring substituents is 1. The number of imidazole rings is 1. The zero-order valence-corrected chi connectivity index (χ0v) is 12.3. The number of fused-ring (bicyclic) bond motifs is 1. The maximum Gasteiger partial charge on any atom is 0.306 e. The number of carbonyl (C=O) groups excluding carboxylic acids is 1. The summed E-state index contributed by atoms with van der Waals surface area (Å²) < 4.78 is 6.78. The van der Waals surface area contributed by atoms with Gasteiger partial charge < -0.3 is 9.30 Å². The van der Waals surface area contributed by atoms with Crippen LogP contribution in [0.2, 0.25) is 0 Å². The lowest BCUT2D eigenvalue weighted by Gasteiger charge is -2.03. The lowest BCUT2D eigenvalue weighted by atomic mass is 10.2. The summed E-state index contributed by atoms with van der Waals surface area (Å²) in [5.74, 6) is 0.515. The van der Waals surface area contributed by atoms with E-state index in [2.05, 4.69) is 11.6 Å². The van der Waals surface area contributed by atoms with Gasteiger partial charge in [-0.1, -0.05) is 12.7 Å². The SMILES string of the molecule is C=CCOC(=O)CCCc1nc2cc([N+](=O)[O-])ccc2n1C. The summed E-state index contributed by atoms with van der Waals surface area (Å²) in [5, 5.41) is 10.8. The number of hydrogen-bond acceptors (Lipinski definition) is 5. The molecule has 0 atom stereocenters. The van der Waals surface area contributed by atoms with E-state index in [4.69, 9.17) is 4.74 Å². The highest BCUT2D eigenvalue weighted by atomic mass is 16.6. The first-order valence-electron chi connectivity index (χ1n) is 6.89. The minimum Gasteiger partial charge on any atom is -0.461 e. The van der Waals surface area contributed by atoms with Gasteiger partial charge in [0.15, 0.2) is 0 Å². The molecule has 0 amide bonds. The van der Waals surface area contributed by atoms with E-state index in [1.54, 1.807) is 6.07 Å². The van der Waals surface area contributed by atoms with Gasteiger partial charge in [-0.3, -0.25) is 14.9 Å². The highest BCUT2D eigenvalue weighted by Crippen LogP contribution is 2.21. The Balaban J connectivity index is 2.05. The Bertz CT molecular complexity index is 721. The van der Waals surface area contributed by atoms with Crippen molar-refractivity contribution in [1.82, 2.24) is 9.55 Å². The number of nitro groups is 1. The van der Waals surface area contributed by atoms with Crippen LogP contribution in [0.25, 0.3) is 11.0 Å². The molecule has 0 aliphatic heterocycles. The third kappa shape index (κ3) is 3.49. The Morgan fingerprint density at radius 1 is 1.55 bits per heavy atom. The van der Waals surface area contributed by atoms with Gasteiger partial charge in [0.1, 0.15) is 12.4 Å². The zero-order valence-electron chi connectivity index (χ0n) is 12.3. The van der Waals surface area contributed by atoms with Crippen LogP contribution < -0.4 is 0 Å². The molecular formula is C15H17N3O4. The van der Waals surface area contributed by atoms with Crippen molar-refractivity contribution in [3.05, 3.63) is 46.8 Å². The number of benzene rings is 1. The third-order valence-electron chi connectivity index (χ3n) is 3.31. The van der Waals surface area contributed by atoms with E-state index in [-0.39, 0.29) is 18.3 Å². The summed E-state index contributed by atoms with van der Waals surface area (Å²) in [7, 11) is 1.85.